The van der Waals surface area contributed by atoms with E-state index in [1.54, 1.807) is 0 Å². The molecule has 3 rings (SSSR count). The summed E-state index contributed by atoms with van der Waals surface area (Å²) < 4.78 is 0. The number of likely N-dealkylation sites (N-methyl/N-ethyl adjacent to an activating group) is 1. The molecule has 1 aliphatic rings. The van der Waals surface area contributed by atoms with Gasteiger partial charge in [0, 0.05) is 19.1 Å². The van der Waals surface area contributed by atoms with Gasteiger partial charge in [-0.25, -0.2) is 0 Å². The van der Waals surface area contributed by atoms with E-state index >= 15 is 0 Å². The molecule has 2 nitrogen and oxygen atoms in total. The minimum Gasteiger partial charge on any atom is -0.315 e. The van der Waals surface area contributed by atoms with Gasteiger partial charge in [-0.3, -0.25) is 4.90 Å². The Balaban J connectivity index is 1.85. The highest BCUT2D eigenvalue weighted by Crippen LogP contribution is 2.25. The van der Waals surface area contributed by atoms with Gasteiger partial charge in [-0.05, 0) is 36.2 Å². The van der Waals surface area contributed by atoms with Crippen molar-refractivity contribution in [2.24, 2.45) is 0 Å². The van der Waals surface area contributed by atoms with Crippen molar-refractivity contribution in [2.45, 2.75) is 25.9 Å². The van der Waals surface area contributed by atoms with E-state index in [4.69, 9.17) is 0 Å². The number of benzene rings is 2. The van der Waals surface area contributed by atoms with Crippen LogP contribution in [0.3, 0.4) is 0 Å². The lowest BCUT2D eigenvalue weighted by molar-refractivity contribution is 0.210. The largest absolute Gasteiger partial charge is 0.315 e. The first-order chi connectivity index (χ1) is 10.4. The maximum Gasteiger partial charge on any atom is 0.0243 e. The zero-order valence-electron chi connectivity index (χ0n) is 12.8. The lowest BCUT2D eigenvalue weighted by Crippen LogP contribution is -2.36. The first-order valence-electron chi connectivity index (χ1n) is 7.96. The second kappa shape index (κ2) is 6.88. The predicted molar refractivity (Wildman–Crippen MR) is 89.2 cm³/mol. The maximum absolute atomic E-state index is 3.48. The number of hydrogen-bond acceptors (Lipinski definition) is 2. The molecule has 0 unspecified atom stereocenters. The van der Waals surface area contributed by atoms with E-state index in [1.807, 2.05) is 0 Å². The molecule has 0 spiro atoms. The average Bonchev–Trinajstić information content (AvgIpc) is 3.08. The fourth-order valence-corrected chi connectivity index (χ4v) is 3.23. The van der Waals surface area contributed by atoms with E-state index in [-0.39, 0.29) is 0 Å². The molecule has 0 bridgehead atoms. The molecule has 21 heavy (non-hydrogen) atoms. The van der Waals surface area contributed by atoms with E-state index in [9.17, 15) is 0 Å². The molecule has 2 heteroatoms. The molecule has 0 radical (unpaired) electrons. The molecule has 0 amide bonds. The van der Waals surface area contributed by atoms with Crippen LogP contribution in [0.2, 0.25) is 0 Å². The summed E-state index contributed by atoms with van der Waals surface area (Å²) in [6, 6.07) is 20.2. The summed E-state index contributed by atoms with van der Waals surface area (Å²) in [4.78, 5) is 2.60. The van der Waals surface area contributed by atoms with Gasteiger partial charge >= 0.3 is 0 Å². The Kier molecular flexibility index (Phi) is 4.69. The van der Waals surface area contributed by atoms with Crippen molar-refractivity contribution in [1.82, 2.24) is 10.2 Å². The van der Waals surface area contributed by atoms with Gasteiger partial charge in [-0.1, -0.05) is 61.5 Å². The fraction of sp³-hybridized carbons (Fsp3) is 0.368. The third-order valence-electron chi connectivity index (χ3n) is 4.43. The van der Waals surface area contributed by atoms with Crippen LogP contribution in [0.1, 0.15) is 18.9 Å². The van der Waals surface area contributed by atoms with Crippen molar-refractivity contribution in [2.75, 3.05) is 19.6 Å². The summed E-state index contributed by atoms with van der Waals surface area (Å²) in [5.74, 6) is 0. The zero-order valence-corrected chi connectivity index (χ0v) is 12.8. The second-order valence-corrected chi connectivity index (χ2v) is 5.73. The van der Waals surface area contributed by atoms with E-state index in [1.165, 1.54) is 23.1 Å². The summed E-state index contributed by atoms with van der Waals surface area (Å²) in [5, 5.41) is 3.48. The molecule has 0 aromatic heterocycles. The Hall–Kier alpha value is -1.64. The lowest BCUT2D eigenvalue weighted by atomic mass is 9.99. The summed E-state index contributed by atoms with van der Waals surface area (Å²) in [6.07, 6.45) is 1.27. The molecule has 1 aliphatic heterocycles. The van der Waals surface area contributed by atoms with Crippen LogP contribution in [0.15, 0.2) is 54.6 Å². The van der Waals surface area contributed by atoms with Crippen molar-refractivity contribution in [3.63, 3.8) is 0 Å². The fourth-order valence-electron chi connectivity index (χ4n) is 3.23. The van der Waals surface area contributed by atoms with Crippen molar-refractivity contribution in [3.05, 3.63) is 60.2 Å². The lowest BCUT2D eigenvalue weighted by Gasteiger charge is -2.28. The van der Waals surface area contributed by atoms with Gasteiger partial charge in [0.15, 0.2) is 0 Å². The topological polar surface area (TPSA) is 15.3 Å². The van der Waals surface area contributed by atoms with Crippen molar-refractivity contribution in [1.29, 1.82) is 0 Å². The molecule has 1 fully saturated rings. The highest BCUT2D eigenvalue weighted by Gasteiger charge is 2.21. The van der Waals surface area contributed by atoms with Gasteiger partial charge < -0.3 is 5.32 Å². The number of hydrogen-bond donors (Lipinski definition) is 1. The maximum atomic E-state index is 3.48. The molecule has 1 atom stereocenters. The van der Waals surface area contributed by atoms with Gasteiger partial charge in [-0.15, -0.1) is 0 Å². The van der Waals surface area contributed by atoms with Gasteiger partial charge in [-0.2, -0.15) is 0 Å². The van der Waals surface area contributed by atoms with Crippen LogP contribution in [0.4, 0.5) is 0 Å². The summed E-state index contributed by atoms with van der Waals surface area (Å²) in [5.41, 5.74) is 4.11. The van der Waals surface area contributed by atoms with Crippen molar-refractivity contribution < 1.29 is 0 Å². The van der Waals surface area contributed by atoms with Gasteiger partial charge in [0.2, 0.25) is 0 Å². The second-order valence-electron chi connectivity index (χ2n) is 5.73. The Morgan fingerprint density at radius 2 is 1.81 bits per heavy atom. The molecule has 1 heterocycles. The molecule has 1 N–H and O–H groups in total. The van der Waals surface area contributed by atoms with E-state index < -0.39 is 0 Å². The highest BCUT2D eigenvalue weighted by atomic mass is 15.2. The Morgan fingerprint density at radius 1 is 1.05 bits per heavy atom. The first kappa shape index (κ1) is 14.3. The predicted octanol–water partition coefficient (Wildman–Crippen LogP) is 3.54. The van der Waals surface area contributed by atoms with Crippen LogP contribution in [0.5, 0.6) is 0 Å². The minimum absolute atomic E-state index is 0.679. The summed E-state index contributed by atoms with van der Waals surface area (Å²) in [7, 11) is 0. The van der Waals surface area contributed by atoms with Gasteiger partial charge in [0.05, 0.1) is 0 Å². The standard InChI is InChI=1S/C19H24N2/c1-2-21(18-12-13-20-14-18)15-17-10-6-7-11-19(17)16-8-4-3-5-9-16/h3-11,18,20H,2,12-15H2,1H3/t18-/m0/s1. The average molecular weight is 280 g/mol. The van der Waals surface area contributed by atoms with Crippen LogP contribution >= 0.6 is 0 Å². The molecular formula is C19H24N2. The van der Waals surface area contributed by atoms with Crippen molar-refractivity contribution in [3.8, 4) is 11.1 Å². The molecule has 2 aromatic rings. The molecule has 110 valence electrons. The minimum atomic E-state index is 0.679. The van der Waals surface area contributed by atoms with Crippen LogP contribution in [0.25, 0.3) is 11.1 Å². The Morgan fingerprint density at radius 3 is 2.52 bits per heavy atom. The first-order valence-corrected chi connectivity index (χ1v) is 7.96. The van der Waals surface area contributed by atoms with Gasteiger partial charge in [0.25, 0.3) is 0 Å². The van der Waals surface area contributed by atoms with Crippen LogP contribution in [-0.2, 0) is 6.54 Å². The molecule has 0 saturated carbocycles. The molecule has 2 aromatic carbocycles. The molecular weight excluding hydrogens is 256 g/mol. The molecule has 0 aliphatic carbocycles. The molecule has 1 saturated heterocycles. The smallest absolute Gasteiger partial charge is 0.0243 e. The highest BCUT2D eigenvalue weighted by molar-refractivity contribution is 5.67. The Bertz CT molecular complexity index is 559. The number of nitrogens with zero attached hydrogens (tertiary/aromatic N) is 1. The SMILES string of the molecule is CCN(Cc1ccccc1-c1ccccc1)[C@H]1CCNC1. The zero-order chi connectivity index (χ0) is 14.5. The Labute approximate surface area is 127 Å². The van der Waals surface area contributed by atoms with Crippen LogP contribution in [-0.4, -0.2) is 30.6 Å². The van der Waals surface area contributed by atoms with E-state index in [0.717, 1.165) is 26.2 Å². The van der Waals surface area contributed by atoms with Gasteiger partial charge in [0.1, 0.15) is 0 Å². The van der Waals surface area contributed by atoms with E-state index in [2.05, 4.69) is 71.7 Å². The number of nitrogens with one attached hydrogen (secondary N) is 1. The van der Waals surface area contributed by atoms with E-state index in [0.29, 0.717) is 6.04 Å². The number of rotatable bonds is 5. The van der Waals surface area contributed by atoms with Crippen LogP contribution < -0.4 is 5.32 Å². The summed E-state index contributed by atoms with van der Waals surface area (Å²) >= 11 is 0. The third-order valence-corrected chi connectivity index (χ3v) is 4.43. The van der Waals surface area contributed by atoms with Crippen LogP contribution in [0, 0.1) is 0 Å². The summed E-state index contributed by atoms with van der Waals surface area (Å²) in [6.45, 7) is 6.69. The van der Waals surface area contributed by atoms with Crippen molar-refractivity contribution >= 4 is 0 Å². The third kappa shape index (κ3) is 3.34. The monoisotopic (exact) mass is 280 g/mol. The normalized spacial score (nSPS) is 18.3. The quantitative estimate of drug-likeness (QED) is 0.901.